The van der Waals surface area contributed by atoms with Crippen molar-refractivity contribution in [2.75, 3.05) is 11.9 Å². The molecule has 1 aliphatic rings. The molecule has 24 heavy (non-hydrogen) atoms. The van der Waals surface area contributed by atoms with Crippen LogP contribution in [0.3, 0.4) is 0 Å². The topological polar surface area (TPSA) is 63.5 Å². The summed E-state index contributed by atoms with van der Waals surface area (Å²) in [7, 11) is 1.67. The minimum Gasteiger partial charge on any atom is -0.347 e. The molecule has 0 saturated heterocycles. The van der Waals surface area contributed by atoms with Gasteiger partial charge in [-0.2, -0.15) is 13.2 Å². The predicted octanol–water partition coefficient (Wildman–Crippen LogP) is 3.89. The summed E-state index contributed by atoms with van der Waals surface area (Å²) in [4.78, 5) is 23.0. The lowest BCUT2D eigenvalue weighted by atomic mass is 9.83. The zero-order valence-electron chi connectivity index (χ0n) is 13.2. The highest BCUT2D eigenvalue weighted by atomic mass is 19.4. The van der Waals surface area contributed by atoms with E-state index in [1.54, 1.807) is 18.0 Å². The van der Waals surface area contributed by atoms with E-state index in [1.807, 2.05) is 13.8 Å². The summed E-state index contributed by atoms with van der Waals surface area (Å²) in [6.07, 6.45) is -1.99. The molecule has 5 nitrogen and oxygen atoms in total. The Labute approximate surface area is 136 Å². The second-order valence-electron chi connectivity index (χ2n) is 5.92. The summed E-state index contributed by atoms with van der Waals surface area (Å²) in [5, 5.41) is 10.9. The zero-order valence-corrected chi connectivity index (χ0v) is 13.2. The van der Waals surface area contributed by atoms with Crippen LogP contribution in [0.15, 0.2) is 42.1 Å². The Kier molecular flexibility index (Phi) is 4.26. The van der Waals surface area contributed by atoms with Crippen molar-refractivity contribution in [1.82, 2.24) is 0 Å². The Balaban J connectivity index is 2.40. The molecule has 0 spiro atoms. The summed E-state index contributed by atoms with van der Waals surface area (Å²) in [6.45, 7) is 3.71. The average molecular weight is 340 g/mol. The summed E-state index contributed by atoms with van der Waals surface area (Å²) in [5.74, 6) is -1.94. The van der Waals surface area contributed by atoms with Crippen LogP contribution < -0.4 is 4.90 Å². The van der Waals surface area contributed by atoms with Gasteiger partial charge in [-0.15, -0.1) is 0 Å². The van der Waals surface area contributed by atoms with Crippen LogP contribution in [0.1, 0.15) is 19.4 Å². The van der Waals surface area contributed by atoms with E-state index in [-0.39, 0.29) is 5.69 Å². The number of halogens is 3. The van der Waals surface area contributed by atoms with Gasteiger partial charge in [0.05, 0.1) is 10.6 Å². The number of fused-ring (bicyclic) bond motifs is 1. The van der Waals surface area contributed by atoms with Crippen molar-refractivity contribution in [3.8, 4) is 0 Å². The molecule has 8 heteroatoms. The van der Waals surface area contributed by atoms with Gasteiger partial charge in [0.15, 0.2) is 0 Å². The van der Waals surface area contributed by atoms with Gasteiger partial charge in [-0.3, -0.25) is 14.9 Å². The van der Waals surface area contributed by atoms with Crippen molar-refractivity contribution in [2.24, 2.45) is 0 Å². The highest BCUT2D eigenvalue weighted by molar-refractivity contribution is 5.94. The molecule has 0 unspecified atom stereocenters. The Bertz CT molecular complexity index is 764. The first-order valence-corrected chi connectivity index (χ1v) is 6.99. The van der Waals surface area contributed by atoms with Gasteiger partial charge in [-0.1, -0.05) is 19.9 Å². The summed E-state index contributed by atoms with van der Waals surface area (Å²) in [6, 6.07) is 4.44. The first kappa shape index (κ1) is 17.7. The minimum atomic E-state index is -4.91. The molecule has 1 heterocycles. The molecule has 0 atom stereocenters. The number of nitrogens with zero attached hydrogens (tertiary/aromatic N) is 2. The number of ketones is 1. The van der Waals surface area contributed by atoms with Crippen LogP contribution in [0.2, 0.25) is 0 Å². The van der Waals surface area contributed by atoms with Crippen LogP contribution in [-0.2, 0) is 10.2 Å². The number of carbonyl (C=O) groups excluding carboxylic acids is 1. The highest BCUT2D eigenvalue weighted by Crippen LogP contribution is 2.47. The number of hydrogen-bond acceptors (Lipinski definition) is 4. The fraction of sp³-hybridized carbons (Fsp3) is 0.312. The lowest BCUT2D eigenvalue weighted by Crippen LogP contribution is -2.23. The number of likely N-dealkylation sites (N-methyl/N-ethyl adjacent to an activating group) is 1. The quantitative estimate of drug-likeness (QED) is 0.476. The number of nitro groups is 1. The fourth-order valence-corrected chi connectivity index (χ4v) is 2.77. The molecule has 0 radical (unpaired) electrons. The van der Waals surface area contributed by atoms with Gasteiger partial charge < -0.3 is 4.90 Å². The van der Waals surface area contributed by atoms with Crippen LogP contribution in [-0.4, -0.2) is 23.9 Å². The van der Waals surface area contributed by atoms with E-state index in [1.165, 1.54) is 18.2 Å². The predicted molar refractivity (Wildman–Crippen MR) is 82.8 cm³/mol. The fourth-order valence-electron chi connectivity index (χ4n) is 2.77. The molecular formula is C16H15F3N2O3. The van der Waals surface area contributed by atoms with Crippen molar-refractivity contribution in [1.29, 1.82) is 0 Å². The SMILES string of the molecule is CN1/C(=C\C=C\C(=O)C(F)(F)F)C(C)(C)c2ccc([N+](=O)[O-])cc21. The van der Waals surface area contributed by atoms with Crippen molar-refractivity contribution in [3.05, 3.63) is 57.8 Å². The van der Waals surface area contributed by atoms with Crippen molar-refractivity contribution < 1.29 is 22.9 Å². The standard InChI is InChI=1S/C16H15F3N2O3/c1-15(2)11-8-7-10(21(23)24)9-12(11)20(3)13(15)5-4-6-14(22)16(17,18)19/h4-9H,1-3H3/b6-4+,13-5-. The van der Waals surface area contributed by atoms with E-state index in [0.717, 1.165) is 11.6 Å². The maximum absolute atomic E-state index is 12.2. The summed E-state index contributed by atoms with van der Waals surface area (Å²) >= 11 is 0. The molecular weight excluding hydrogens is 325 g/mol. The summed E-state index contributed by atoms with van der Waals surface area (Å²) in [5.41, 5.74) is 1.42. The van der Waals surface area contributed by atoms with Gasteiger partial charge >= 0.3 is 6.18 Å². The average Bonchev–Trinajstić information content (AvgIpc) is 2.66. The Morgan fingerprint density at radius 2 is 1.96 bits per heavy atom. The molecule has 2 rings (SSSR count). The smallest absolute Gasteiger partial charge is 0.347 e. The van der Waals surface area contributed by atoms with Crippen LogP contribution in [0, 0.1) is 10.1 Å². The Morgan fingerprint density at radius 3 is 2.50 bits per heavy atom. The number of carbonyl (C=O) groups is 1. The van der Waals surface area contributed by atoms with Crippen molar-refractivity contribution >= 4 is 17.2 Å². The number of anilines is 1. The third-order valence-electron chi connectivity index (χ3n) is 4.01. The third-order valence-corrected chi connectivity index (χ3v) is 4.01. The zero-order chi connectivity index (χ0) is 18.3. The van der Waals surface area contributed by atoms with E-state index in [2.05, 4.69) is 0 Å². The molecule has 0 saturated carbocycles. The van der Waals surface area contributed by atoms with Gasteiger partial charge in [0.25, 0.3) is 11.5 Å². The Hall–Kier alpha value is -2.64. The molecule has 128 valence electrons. The normalized spacial score (nSPS) is 18.2. The van der Waals surface area contributed by atoms with Gasteiger partial charge in [0, 0.05) is 30.3 Å². The number of rotatable bonds is 3. The van der Waals surface area contributed by atoms with Crippen LogP contribution in [0.5, 0.6) is 0 Å². The maximum Gasteiger partial charge on any atom is 0.454 e. The lowest BCUT2D eigenvalue weighted by molar-refractivity contribution is -0.384. The van der Waals surface area contributed by atoms with Gasteiger partial charge in [-0.05, 0) is 23.8 Å². The number of alkyl halides is 3. The number of non-ortho nitro benzene ring substituents is 1. The third kappa shape index (κ3) is 3.04. The van der Waals surface area contributed by atoms with E-state index in [9.17, 15) is 28.1 Å². The second-order valence-corrected chi connectivity index (χ2v) is 5.92. The van der Waals surface area contributed by atoms with Gasteiger partial charge in [-0.25, -0.2) is 0 Å². The molecule has 0 fully saturated rings. The van der Waals surface area contributed by atoms with E-state index < -0.39 is 22.3 Å². The van der Waals surface area contributed by atoms with E-state index in [0.29, 0.717) is 17.5 Å². The van der Waals surface area contributed by atoms with Crippen molar-refractivity contribution in [2.45, 2.75) is 25.4 Å². The van der Waals surface area contributed by atoms with Gasteiger partial charge in [0.1, 0.15) is 0 Å². The van der Waals surface area contributed by atoms with Crippen LogP contribution in [0.25, 0.3) is 0 Å². The largest absolute Gasteiger partial charge is 0.454 e. The molecule has 0 N–H and O–H groups in total. The summed E-state index contributed by atoms with van der Waals surface area (Å²) < 4.78 is 36.7. The molecule has 1 aliphatic heterocycles. The molecule has 0 aliphatic carbocycles. The van der Waals surface area contributed by atoms with Gasteiger partial charge in [0.2, 0.25) is 0 Å². The first-order valence-electron chi connectivity index (χ1n) is 6.99. The molecule has 0 amide bonds. The van der Waals surface area contributed by atoms with E-state index in [4.69, 9.17) is 0 Å². The molecule has 1 aromatic carbocycles. The molecule has 0 bridgehead atoms. The highest BCUT2D eigenvalue weighted by Gasteiger charge is 2.39. The van der Waals surface area contributed by atoms with Crippen molar-refractivity contribution in [3.63, 3.8) is 0 Å². The number of allylic oxidation sites excluding steroid dienone is 4. The molecule has 0 aromatic heterocycles. The molecule has 1 aromatic rings. The Morgan fingerprint density at radius 1 is 1.33 bits per heavy atom. The second kappa shape index (κ2) is 5.77. The van der Waals surface area contributed by atoms with Crippen LogP contribution >= 0.6 is 0 Å². The number of hydrogen-bond donors (Lipinski definition) is 0. The first-order chi connectivity index (χ1) is 11.0. The van der Waals surface area contributed by atoms with Crippen LogP contribution in [0.4, 0.5) is 24.5 Å². The van der Waals surface area contributed by atoms with E-state index >= 15 is 0 Å². The minimum absolute atomic E-state index is 0.0690. The monoisotopic (exact) mass is 340 g/mol. The number of nitro benzene ring substituents is 1. The lowest BCUT2D eigenvalue weighted by Gasteiger charge is -2.23. The maximum atomic E-state index is 12.2. The number of benzene rings is 1.